The molecule has 1 radical (unpaired) electrons. The van der Waals surface area contributed by atoms with Gasteiger partial charge < -0.3 is 4.74 Å². The molecule has 1 aliphatic heterocycles. The molecule has 0 amide bonds. The molecule has 3 atom stereocenters. The maximum Gasteiger partial charge on any atom is 0.318 e. The van der Waals surface area contributed by atoms with Gasteiger partial charge in [-0.05, 0) is 34.1 Å². The van der Waals surface area contributed by atoms with Crippen molar-refractivity contribution < 1.29 is 14.7 Å². The number of hydrogen-bond acceptors (Lipinski definition) is 3. The van der Waals surface area contributed by atoms with E-state index in [1.54, 1.807) is 0 Å². The molecule has 1 fully saturated rings. The lowest BCUT2D eigenvalue weighted by molar-refractivity contribution is -0.305. The lowest BCUT2D eigenvalue weighted by Crippen LogP contribution is -2.61. The van der Waals surface area contributed by atoms with Crippen molar-refractivity contribution in [3.63, 3.8) is 0 Å². The Bertz CT molecular complexity index is 333. The van der Waals surface area contributed by atoms with Gasteiger partial charge in [-0.3, -0.25) is 4.79 Å². The van der Waals surface area contributed by atoms with Crippen molar-refractivity contribution in [2.75, 3.05) is 0 Å². The van der Waals surface area contributed by atoms with E-state index in [1.165, 1.54) is 5.06 Å². The number of piperidine rings is 1. The maximum absolute atomic E-state index is 12.5. The summed E-state index contributed by atoms with van der Waals surface area (Å²) in [6.45, 7) is 9.75. The summed E-state index contributed by atoms with van der Waals surface area (Å²) >= 11 is 2.06. The van der Waals surface area contributed by atoms with Crippen LogP contribution in [-0.2, 0) is 14.7 Å². The number of carbonyl (C=O) groups excluding carboxylic acids is 1. The topological polar surface area (TPSA) is 49.4 Å². The predicted molar refractivity (Wildman–Crippen MR) is 82.5 cm³/mol. The standard InChI is InChI=1S/C14H25INO3/c1-6-7-14(5)9-11(19-12(17)10(2)15)8-13(3,4)16(14)18/h10-11H,6-9H2,1-5H3. The molecule has 19 heavy (non-hydrogen) atoms. The van der Waals surface area contributed by atoms with Crippen molar-refractivity contribution in [1.82, 2.24) is 5.06 Å². The van der Waals surface area contributed by atoms with Crippen LogP contribution >= 0.6 is 22.6 Å². The fraction of sp³-hybridized carbons (Fsp3) is 0.929. The third kappa shape index (κ3) is 4.04. The van der Waals surface area contributed by atoms with E-state index in [4.69, 9.17) is 4.74 Å². The maximum atomic E-state index is 12.5. The molecule has 0 aliphatic carbocycles. The highest BCUT2D eigenvalue weighted by Gasteiger charge is 2.49. The molecule has 0 spiro atoms. The molecule has 5 heteroatoms. The predicted octanol–water partition coefficient (Wildman–Crippen LogP) is 3.50. The van der Waals surface area contributed by atoms with Crippen LogP contribution in [0.3, 0.4) is 0 Å². The van der Waals surface area contributed by atoms with Gasteiger partial charge in [0.05, 0.1) is 5.54 Å². The first kappa shape index (κ1) is 17.2. The summed E-state index contributed by atoms with van der Waals surface area (Å²) < 4.78 is 5.42. The quantitative estimate of drug-likeness (QED) is 0.425. The molecule has 1 saturated heterocycles. The van der Waals surface area contributed by atoms with Crippen LogP contribution in [0.1, 0.15) is 60.3 Å². The SMILES string of the molecule is CCCC1(C)CC(OC(=O)C(C)I)CC(C)(C)N1[O]. The summed E-state index contributed by atoms with van der Waals surface area (Å²) in [7, 11) is 0. The van der Waals surface area contributed by atoms with Crippen molar-refractivity contribution in [1.29, 1.82) is 0 Å². The van der Waals surface area contributed by atoms with E-state index in [0.29, 0.717) is 12.8 Å². The number of carbonyl (C=O) groups is 1. The van der Waals surface area contributed by atoms with Crippen molar-refractivity contribution in [3.05, 3.63) is 0 Å². The van der Waals surface area contributed by atoms with Crippen LogP contribution in [0.4, 0.5) is 0 Å². The molecule has 0 aromatic rings. The largest absolute Gasteiger partial charge is 0.461 e. The van der Waals surface area contributed by atoms with E-state index in [-0.39, 0.29) is 16.0 Å². The minimum absolute atomic E-state index is 0.150. The second-order valence-electron chi connectivity index (χ2n) is 6.44. The fourth-order valence-corrected chi connectivity index (χ4v) is 3.25. The molecule has 4 nitrogen and oxygen atoms in total. The summed E-state index contributed by atoms with van der Waals surface area (Å²) in [5, 5.41) is 13.7. The molecular weight excluding hydrogens is 357 g/mol. The van der Waals surface area contributed by atoms with Gasteiger partial charge in [-0.25, -0.2) is 0 Å². The summed E-state index contributed by atoms with van der Waals surface area (Å²) in [4.78, 5) is 11.8. The Morgan fingerprint density at radius 3 is 2.47 bits per heavy atom. The first-order valence-corrected chi connectivity index (χ1v) is 8.19. The van der Waals surface area contributed by atoms with Crippen LogP contribution < -0.4 is 0 Å². The van der Waals surface area contributed by atoms with Crippen LogP contribution in [0.25, 0.3) is 0 Å². The van der Waals surface area contributed by atoms with E-state index in [9.17, 15) is 10.0 Å². The third-order valence-corrected chi connectivity index (χ3v) is 4.34. The van der Waals surface area contributed by atoms with Crippen molar-refractivity contribution in [2.24, 2.45) is 0 Å². The smallest absolute Gasteiger partial charge is 0.318 e. The second-order valence-corrected chi connectivity index (χ2v) is 8.31. The number of hydrogen-bond donors (Lipinski definition) is 0. The Kier molecular flexibility index (Phi) is 5.66. The zero-order valence-corrected chi connectivity index (χ0v) is 14.7. The van der Waals surface area contributed by atoms with E-state index < -0.39 is 11.1 Å². The molecular formula is C14H25INO3. The number of alkyl halides is 1. The van der Waals surface area contributed by atoms with E-state index >= 15 is 0 Å². The minimum Gasteiger partial charge on any atom is -0.461 e. The van der Waals surface area contributed by atoms with Crippen molar-refractivity contribution in [2.45, 2.75) is 81.4 Å². The highest BCUT2D eigenvalue weighted by Crippen LogP contribution is 2.41. The van der Waals surface area contributed by atoms with Gasteiger partial charge in [0.25, 0.3) is 0 Å². The van der Waals surface area contributed by atoms with Crippen molar-refractivity contribution >= 4 is 28.6 Å². The number of hydroxylamine groups is 2. The minimum atomic E-state index is -0.484. The number of esters is 1. The third-order valence-electron chi connectivity index (χ3n) is 3.83. The van der Waals surface area contributed by atoms with Gasteiger partial charge in [0, 0.05) is 18.4 Å². The van der Waals surface area contributed by atoms with Crippen LogP contribution in [0.5, 0.6) is 0 Å². The van der Waals surface area contributed by atoms with Crippen LogP contribution in [0, 0.1) is 0 Å². The van der Waals surface area contributed by atoms with Gasteiger partial charge in [0.15, 0.2) is 0 Å². The number of rotatable bonds is 4. The summed E-state index contributed by atoms with van der Waals surface area (Å²) in [6.07, 6.45) is 2.86. The number of halogens is 1. The van der Waals surface area contributed by atoms with Gasteiger partial charge in [-0.15, -0.1) is 10.3 Å². The summed E-state index contributed by atoms with van der Waals surface area (Å²) in [6, 6.07) is 0. The molecule has 1 aliphatic rings. The van der Waals surface area contributed by atoms with Crippen molar-refractivity contribution in [3.8, 4) is 0 Å². The Hall–Kier alpha value is 0.120. The lowest BCUT2D eigenvalue weighted by atomic mass is 9.77. The fourth-order valence-electron chi connectivity index (χ4n) is 3.10. The Balaban J connectivity index is 2.84. The molecule has 1 rings (SSSR count). The Morgan fingerprint density at radius 2 is 2.00 bits per heavy atom. The highest BCUT2D eigenvalue weighted by molar-refractivity contribution is 14.1. The average Bonchev–Trinajstić information content (AvgIpc) is 2.25. The van der Waals surface area contributed by atoms with Gasteiger partial charge in [0.2, 0.25) is 0 Å². The molecule has 3 unspecified atom stereocenters. The molecule has 0 aromatic carbocycles. The molecule has 111 valence electrons. The average molecular weight is 382 g/mol. The van der Waals surface area contributed by atoms with E-state index in [2.05, 4.69) is 29.5 Å². The molecule has 1 heterocycles. The van der Waals surface area contributed by atoms with Gasteiger partial charge in [0.1, 0.15) is 10.0 Å². The highest BCUT2D eigenvalue weighted by atomic mass is 127. The van der Waals surface area contributed by atoms with Gasteiger partial charge >= 0.3 is 5.97 Å². The zero-order chi connectivity index (χ0) is 14.8. The molecule has 0 N–H and O–H groups in total. The monoisotopic (exact) mass is 382 g/mol. The van der Waals surface area contributed by atoms with Gasteiger partial charge in [-0.2, -0.15) is 0 Å². The molecule has 0 aromatic heterocycles. The van der Waals surface area contributed by atoms with Crippen LogP contribution in [0.15, 0.2) is 0 Å². The van der Waals surface area contributed by atoms with E-state index in [0.717, 1.165) is 12.8 Å². The first-order valence-electron chi connectivity index (χ1n) is 6.94. The van der Waals surface area contributed by atoms with Crippen LogP contribution in [-0.4, -0.2) is 32.1 Å². The Morgan fingerprint density at radius 1 is 1.42 bits per heavy atom. The second kappa shape index (κ2) is 6.26. The summed E-state index contributed by atoms with van der Waals surface area (Å²) in [5.41, 5.74) is -0.919. The van der Waals surface area contributed by atoms with Crippen LogP contribution in [0.2, 0.25) is 0 Å². The number of ether oxygens (including phenoxy) is 1. The Labute approximate surface area is 130 Å². The van der Waals surface area contributed by atoms with Gasteiger partial charge in [-0.1, -0.05) is 35.9 Å². The lowest BCUT2D eigenvalue weighted by Gasteiger charge is -2.51. The van der Waals surface area contributed by atoms with E-state index in [1.807, 2.05) is 27.7 Å². The molecule has 0 bridgehead atoms. The summed E-state index contributed by atoms with van der Waals surface area (Å²) in [5.74, 6) is -0.181. The zero-order valence-electron chi connectivity index (χ0n) is 12.5. The number of nitrogens with zero attached hydrogens (tertiary/aromatic N) is 1. The first-order chi connectivity index (χ1) is 8.62. The normalized spacial score (nSPS) is 32.9. The molecule has 0 saturated carbocycles.